The highest BCUT2D eigenvalue weighted by Gasteiger charge is 2.25. The van der Waals surface area contributed by atoms with Gasteiger partial charge >= 0.3 is 5.97 Å². The van der Waals surface area contributed by atoms with Crippen molar-refractivity contribution < 1.29 is 19.0 Å². The second-order valence-electron chi connectivity index (χ2n) is 5.07. The maximum atomic E-state index is 12.9. The van der Waals surface area contributed by atoms with Gasteiger partial charge < -0.3 is 9.84 Å². The van der Waals surface area contributed by atoms with Gasteiger partial charge in [0.25, 0.3) is 0 Å². The van der Waals surface area contributed by atoms with Crippen molar-refractivity contribution in [3.05, 3.63) is 28.5 Å². The van der Waals surface area contributed by atoms with E-state index < -0.39 is 11.4 Å². The first-order valence-electron chi connectivity index (χ1n) is 6.14. The summed E-state index contributed by atoms with van der Waals surface area (Å²) in [6, 6.07) is 4.26. The number of halogens is 2. The minimum absolute atomic E-state index is 0.317. The minimum Gasteiger partial charge on any atom is -0.492 e. The summed E-state index contributed by atoms with van der Waals surface area (Å²) in [6.45, 7) is 3.92. The Kier molecular flexibility index (Phi) is 5.79. The van der Waals surface area contributed by atoms with E-state index in [-0.39, 0.29) is 5.82 Å². The highest BCUT2D eigenvalue weighted by atomic mass is 79.9. The van der Waals surface area contributed by atoms with Gasteiger partial charge in [-0.15, -0.1) is 0 Å². The van der Waals surface area contributed by atoms with Gasteiger partial charge in [-0.3, -0.25) is 4.79 Å². The van der Waals surface area contributed by atoms with Crippen LogP contribution in [0.5, 0.6) is 5.75 Å². The van der Waals surface area contributed by atoms with E-state index in [0.29, 0.717) is 23.2 Å². The Bertz CT molecular complexity index is 446. The molecule has 1 N–H and O–H groups in total. The first kappa shape index (κ1) is 16.0. The molecule has 0 unspecified atom stereocenters. The van der Waals surface area contributed by atoms with Crippen LogP contribution in [0.2, 0.25) is 0 Å². The van der Waals surface area contributed by atoms with Crippen molar-refractivity contribution in [2.24, 2.45) is 5.41 Å². The first-order valence-corrected chi connectivity index (χ1v) is 6.93. The van der Waals surface area contributed by atoms with E-state index in [9.17, 15) is 9.18 Å². The van der Waals surface area contributed by atoms with E-state index in [4.69, 9.17) is 9.84 Å². The molecule has 0 saturated heterocycles. The lowest BCUT2D eigenvalue weighted by Gasteiger charge is -2.18. The summed E-state index contributed by atoms with van der Waals surface area (Å²) in [5.74, 6) is -0.504. The maximum Gasteiger partial charge on any atom is 0.309 e. The molecule has 0 amide bonds. The fourth-order valence-electron chi connectivity index (χ4n) is 1.55. The third kappa shape index (κ3) is 5.19. The fraction of sp³-hybridized carbons (Fsp3) is 0.500. The van der Waals surface area contributed by atoms with Crippen LogP contribution in [0.3, 0.4) is 0 Å². The molecule has 0 heterocycles. The molecule has 1 rings (SSSR count). The molecular formula is C14H18BrFO3. The SMILES string of the molecule is CC(C)(CCCCOc1ccc(F)cc1Br)C(=O)O. The van der Waals surface area contributed by atoms with Crippen molar-refractivity contribution in [3.63, 3.8) is 0 Å². The van der Waals surface area contributed by atoms with Gasteiger partial charge in [0, 0.05) is 0 Å². The van der Waals surface area contributed by atoms with Crippen LogP contribution in [-0.4, -0.2) is 17.7 Å². The topological polar surface area (TPSA) is 46.5 Å². The molecule has 0 aliphatic rings. The van der Waals surface area contributed by atoms with E-state index in [2.05, 4.69) is 15.9 Å². The number of hydrogen-bond donors (Lipinski definition) is 1. The van der Waals surface area contributed by atoms with Gasteiger partial charge in [0.1, 0.15) is 11.6 Å². The highest BCUT2D eigenvalue weighted by Crippen LogP contribution is 2.26. The van der Waals surface area contributed by atoms with Crippen LogP contribution in [0, 0.1) is 11.2 Å². The monoisotopic (exact) mass is 332 g/mol. The molecule has 106 valence electrons. The number of carboxylic acids is 1. The average Bonchev–Trinajstić information content (AvgIpc) is 2.31. The van der Waals surface area contributed by atoms with Gasteiger partial charge in [-0.1, -0.05) is 0 Å². The molecule has 0 spiro atoms. The van der Waals surface area contributed by atoms with Crippen LogP contribution in [0.15, 0.2) is 22.7 Å². The molecule has 0 saturated carbocycles. The van der Waals surface area contributed by atoms with Crippen molar-refractivity contribution in [1.82, 2.24) is 0 Å². The molecule has 1 aromatic carbocycles. The molecule has 0 aromatic heterocycles. The molecule has 0 aliphatic heterocycles. The zero-order chi connectivity index (χ0) is 14.5. The minimum atomic E-state index is -0.783. The van der Waals surface area contributed by atoms with Crippen LogP contribution >= 0.6 is 15.9 Å². The Morgan fingerprint density at radius 1 is 1.42 bits per heavy atom. The van der Waals surface area contributed by atoms with Gasteiger partial charge in [-0.2, -0.15) is 0 Å². The van der Waals surface area contributed by atoms with Crippen molar-refractivity contribution in [2.45, 2.75) is 33.1 Å². The molecule has 0 aliphatic carbocycles. The van der Waals surface area contributed by atoms with Crippen LogP contribution in [0.4, 0.5) is 4.39 Å². The summed E-state index contributed by atoms with van der Waals surface area (Å²) in [5, 5.41) is 8.97. The molecular weight excluding hydrogens is 315 g/mol. The Morgan fingerprint density at radius 2 is 2.11 bits per heavy atom. The molecule has 0 radical (unpaired) electrons. The highest BCUT2D eigenvalue weighted by molar-refractivity contribution is 9.10. The summed E-state index contributed by atoms with van der Waals surface area (Å²) in [5.41, 5.74) is -0.698. The second kappa shape index (κ2) is 6.89. The molecule has 0 bridgehead atoms. The zero-order valence-electron chi connectivity index (χ0n) is 11.1. The Labute approximate surface area is 120 Å². The van der Waals surface area contributed by atoms with Crippen LogP contribution in [0.25, 0.3) is 0 Å². The summed E-state index contributed by atoms with van der Waals surface area (Å²) in [6.07, 6.45) is 2.15. The number of carboxylic acid groups (broad SMARTS) is 1. The lowest BCUT2D eigenvalue weighted by molar-refractivity contribution is -0.147. The second-order valence-corrected chi connectivity index (χ2v) is 5.92. The van der Waals surface area contributed by atoms with Crippen LogP contribution in [-0.2, 0) is 4.79 Å². The Morgan fingerprint density at radius 3 is 2.68 bits per heavy atom. The molecule has 0 atom stereocenters. The number of ether oxygens (including phenoxy) is 1. The van der Waals surface area contributed by atoms with Crippen molar-refractivity contribution in [3.8, 4) is 5.75 Å². The smallest absolute Gasteiger partial charge is 0.309 e. The number of benzene rings is 1. The quantitative estimate of drug-likeness (QED) is 0.759. The number of unbranched alkanes of at least 4 members (excludes halogenated alkanes) is 1. The summed E-state index contributed by atoms with van der Waals surface area (Å²) < 4.78 is 18.9. The predicted molar refractivity (Wildman–Crippen MR) is 74.9 cm³/mol. The molecule has 19 heavy (non-hydrogen) atoms. The maximum absolute atomic E-state index is 12.9. The zero-order valence-corrected chi connectivity index (χ0v) is 12.7. The van der Waals surface area contributed by atoms with E-state index in [1.165, 1.54) is 12.1 Å². The number of hydrogen-bond acceptors (Lipinski definition) is 2. The van der Waals surface area contributed by atoms with Crippen LogP contribution in [0.1, 0.15) is 33.1 Å². The van der Waals surface area contributed by atoms with Gasteiger partial charge in [0.15, 0.2) is 0 Å². The number of aliphatic carboxylic acids is 1. The number of rotatable bonds is 7. The molecule has 0 fully saturated rings. The summed E-state index contributed by atoms with van der Waals surface area (Å²) >= 11 is 3.22. The van der Waals surface area contributed by atoms with Crippen molar-refractivity contribution in [2.75, 3.05) is 6.61 Å². The van der Waals surface area contributed by atoms with Crippen molar-refractivity contribution >= 4 is 21.9 Å². The van der Waals surface area contributed by atoms with E-state index in [1.54, 1.807) is 19.9 Å². The lowest BCUT2D eigenvalue weighted by Crippen LogP contribution is -2.23. The summed E-state index contributed by atoms with van der Waals surface area (Å²) in [4.78, 5) is 10.9. The first-order chi connectivity index (χ1) is 8.83. The van der Waals surface area contributed by atoms with Crippen molar-refractivity contribution in [1.29, 1.82) is 0 Å². The molecule has 3 nitrogen and oxygen atoms in total. The Balaban J connectivity index is 2.30. The van der Waals surface area contributed by atoms with Gasteiger partial charge in [0.2, 0.25) is 0 Å². The Hall–Kier alpha value is -1.10. The standard InChI is InChI=1S/C14H18BrFO3/c1-14(2,13(17)18)7-3-4-8-19-12-6-5-10(16)9-11(12)15/h5-6,9H,3-4,7-8H2,1-2H3,(H,17,18). The third-order valence-electron chi connectivity index (χ3n) is 2.93. The normalized spacial score (nSPS) is 11.4. The average molecular weight is 333 g/mol. The summed E-state index contributed by atoms with van der Waals surface area (Å²) in [7, 11) is 0. The predicted octanol–water partition coefficient (Wildman–Crippen LogP) is 4.25. The van der Waals surface area contributed by atoms with Gasteiger partial charge in [-0.05, 0) is 67.2 Å². The van der Waals surface area contributed by atoms with E-state index >= 15 is 0 Å². The fourth-order valence-corrected chi connectivity index (χ4v) is 2.02. The molecule has 1 aromatic rings. The number of carbonyl (C=O) groups is 1. The lowest BCUT2D eigenvalue weighted by atomic mass is 9.87. The van der Waals surface area contributed by atoms with Gasteiger partial charge in [0.05, 0.1) is 16.5 Å². The van der Waals surface area contributed by atoms with Crippen LogP contribution < -0.4 is 4.74 Å². The van der Waals surface area contributed by atoms with Gasteiger partial charge in [-0.25, -0.2) is 4.39 Å². The van der Waals surface area contributed by atoms with E-state index in [1.807, 2.05) is 0 Å². The largest absolute Gasteiger partial charge is 0.492 e. The third-order valence-corrected chi connectivity index (χ3v) is 3.55. The molecule has 5 heteroatoms. The van der Waals surface area contributed by atoms with E-state index in [0.717, 1.165) is 12.8 Å².